The highest BCUT2D eigenvalue weighted by Gasteiger charge is 2.25. The van der Waals surface area contributed by atoms with Crippen molar-refractivity contribution in [2.75, 3.05) is 32.0 Å². The van der Waals surface area contributed by atoms with Gasteiger partial charge in [-0.3, -0.25) is 4.79 Å². The van der Waals surface area contributed by atoms with E-state index in [4.69, 9.17) is 0 Å². The van der Waals surface area contributed by atoms with Crippen LogP contribution in [0.3, 0.4) is 0 Å². The lowest BCUT2D eigenvalue weighted by Gasteiger charge is -2.12. The van der Waals surface area contributed by atoms with Crippen molar-refractivity contribution in [1.29, 1.82) is 0 Å². The van der Waals surface area contributed by atoms with E-state index < -0.39 is 0 Å². The third-order valence-corrected chi connectivity index (χ3v) is 3.54. The van der Waals surface area contributed by atoms with Crippen LogP contribution >= 0.6 is 0 Å². The molecule has 104 valence electrons. The Kier molecular flexibility index (Phi) is 4.93. The summed E-state index contributed by atoms with van der Waals surface area (Å²) in [5, 5.41) is 6.31. The van der Waals surface area contributed by atoms with Gasteiger partial charge in [-0.2, -0.15) is 0 Å². The van der Waals surface area contributed by atoms with Crippen molar-refractivity contribution in [3.63, 3.8) is 0 Å². The van der Waals surface area contributed by atoms with Crippen LogP contribution in [0.15, 0.2) is 24.3 Å². The first kappa shape index (κ1) is 14.0. The molecule has 1 aromatic carbocycles. The minimum atomic E-state index is 0.127. The van der Waals surface area contributed by atoms with E-state index >= 15 is 0 Å². The highest BCUT2D eigenvalue weighted by Crippen LogP contribution is 2.18. The zero-order chi connectivity index (χ0) is 13.7. The zero-order valence-corrected chi connectivity index (χ0v) is 11.8. The topological polar surface area (TPSA) is 44.4 Å². The number of benzene rings is 1. The standard InChI is InChI=1S/C15H23N3O/c1-3-16-10-12-5-4-6-14(9-12)17-15(19)13-7-8-18(2)11-13/h4-6,9,13,16H,3,7-8,10-11H2,1-2H3,(H,17,19). The maximum Gasteiger partial charge on any atom is 0.228 e. The van der Waals surface area contributed by atoms with E-state index in [0.29, 0.717) is 0 Å². The van der Waals surface area contributed by atoms with E-state index in [-0.39, 0.29) is 11.8 Å². The van der Waals surface area contributed by atoms with Gasteiger partial charge in [-0.05, 0) is 44.3 Å². The fourth-order valence-corrected chi connectivity index (χ4v) is 2.42. The highest BCUT2D eigenvalue weighted by atomic mass is 16.1. The van der Waals surface area contributed by atoms with Gasteiger partial charge in [0.15, 0.2) is 0 Å². The lowest BCUT2D eigenvalue weighted by atomic mass is 10.1. The smallest absolute Gasteiger partial charge is 0.228 e. The van der Waals surface area contributed by atoms with E-state index in [1.807, 2.05) is 18.2 Å². The van der Waals surface area contributed by atoms with E-state index in [2.05, 4.69) is 35.6 Å². The predicted octanol–water partition coefficient (Wildman–Crippen LogP) is 1.69. The van der Waals surface area contributed by atoms with Gasteiger partial charge in [-0.25, -0.2) is 0 Å². The number of likely N-dealkylation sites (tertiary alicyclic amines) is 1. The number of rotatable bonds is 5. The molecule has 1 saturated heterocycles. The normalized spacial score (nSPS) is 19.6. The molecule has 1 amide bonds. The molecule has 4 nitrogen and oxygen atoms in total. The molecule has 1 aliphatic heterocycles. The molecule has 0 spiro atoms. The number of hydrogen-bond donors (Lipinski definition) is 2. The fraction of sp³-hybridized carbons (Fsp3) is 0.533. The Labute approximate surface area is 115 Å². The van der Waals surface area contributed by atoms with Crippen molar-refractivity contribution in [2.45, 2.75) is 19.9 Å². The Bertz CT molecular complexity index is 433. The van der Waals surface area contributed by atoms with E-state index in [1.165, 1.54) is 5.56 Å². The third-order valence-electron chi connectivity index (χ3n) is 3.54. The quantitative estimate of drug-likeness (QED) is 0.847. The minimum absolute atomic E-state index is 0.127. The first-order chi connectivity index (χ1) is 9.19. The third kappa shape index (κ3) is 4.04. The largest absolute Gasteiger partial charge is 0.326 e. The molecule has 0 aromatic heterocycles. The SMILES string of the molecule is CCNCc1cccc(NC(=O)C2CCN(C)C2)c1. The molecular weight excluding hydrogens is 238 g/mol. The summed E-state index contributed by atoms with van der Waals surface area (Å²) in [4.78, 5) is 14.3. The first-order valence-corrected chi connectivity index (χ1v) is 6.98. The van der Waals surface area contributed by atoms with Gasteiger partial charge in [0.05, 0.1) is 5.92 Å². The molecule has 1 atom stereocenters. The fourth-order valence-electron chi connectivity index (χ4n) is 2.42. The van der Waals surface area contributed by atoms with Crippen molar-refractivity contribution in [3.8, 4) is 0 Å². The van der Waals surface area contributed by atoms with Crippen molar-refractivity contribution in [3.05, 3.63) is 29.8 Å². The van der Waals surface area contributed by atoms with E-state index in [0.717, 1.165) is 38.3 Å². The summed E-state index contributed by atoms with van der Waals surface area (Å²) < 4.78 is 0. The van der Waals surface area contributed by atoms with Crippen LogP contribution in [0.2, 0.25) is 0 Å². The van der Waals surface area contributed by atoms with Gasteiger partial charge in [0.25, 0.3) is 0 Å². The molecular formula is C15H23N3O. The Morgan fingerprint density at radius 2 is 2.32 bits per heavy atom. The summed E-state index contributed by atoms with van der Waals surface area (Å²) in [5.74, 6) is 0.271. The number of anilines is 1. The molecule has 1 heterocycles. The summed E-state index contributed by atoms with van der Waals surface area (Å²) in [6, 6.07) is 8.05. The second kappa shape index (κ2) is 6.68. The Hall–Kier alpha value is -1.39. The molecule has 0 aliphatic carbocycles. The molecule has 1 aliphatic rings. The average Bonchev–Trinajstić information content (AvgIpc) is 2.83. The molecule has 1 unspecified atom stereocenters. The Balaban J connectivity index is 1.93. The van der Waals surface area contributed by atoms with Crippen LogP contribution in [0.5, 0.6) is 0 Å². The summed E-state index contributed by atoms with van der Waals surface area (Å²) in [6.07, 6.45) is 0.958. The van der Waals surface area contributed by atoms with Crippen LogP contribution in [0.1, 0.15) is 18.9 Å². The lowest BCUT2D eigenvalue weighted by Crippen LogP contribution is -2.25. The molecule has 2 rings (SSSR count). The summed E-state index contributed by atoms with van der Waals surface area (Å²) in [5.41, 5.74) is 2.10. The first-order valence-electron chi connectivity index (χ1n) is 6.98. The van der Waals surface area contributed by atoms with Crippen LogP contribution < -0.4 is 10.6 Å². The second-order valence-corrected chi connectivity index (χ2v) is 5.22. The number of nitrogens with one attached hydrogen (secondary N) is 2. The van der Waals surface area contributed by atoms with Gasteiger partial charge in [-0.15, -0.1) is 0 Å². The molecule has 0 radical (unpaired) electrons. The maximum atomic E-state index is 12.1. The Morgan fingerprint density at radius 1 is 1.47 bits per heavy atom. The number of nitrogens with zero attached hydrogens (tertiary/aromatic N) is 1. The molecule has 4 heteroatoms. The van der Waals surface area contributed by atoms with Crippen LogP contribution in [-0.4, -0.2) is 37.5 Å². The van der Waals surface area contributed by atoms with Crippen molar-refractivity contribution in [1.82, 2.24) is 10.2 Å². The van der Waals surface area contributed by atoms with Crippen molar-refractivity contribution in [2.24, 2.45) is 5.92 Å². The Morgan fingerprint density at radius 3 is 3.00 bits per heavy atom. The van der Waals surface area contributed by atoms with Gasteiger partial charge in [-0.1, -0.05) is 19.1 Å². The molecule has 1 fully saturated rings. The molecule has 19 heavy (non-hydrogen) atoms. The molecule has 0 bridgehead atoms. The number of carbonyl (C=O) groups is 1. The van der Waals surface area contributed by atoms with Gasteiger partial charge in [0, 0.05) is 18.8 Å². The van der Waals surface area contributed by atoms with Crippen LogP contribution in [0, 0.1) is 5.92 Å². The molecule has 1 aromatic rings. The van der Waals surface area contributed by atoms with Crippen molar-refractivity contribution < 1.29 is 4.79 Å². The van der Waals surface area contributed by atoms with Crippen LogP contribution in [0.25, 0.3) is 0 Å². The minimum Gasteiger partial charge on any atom is -0.326 e. The number of hydrogen-bond acceptors (Lipinski definition) is 3. The second-order valence-electron chi connectivity index (χ2n) is 5.22. The zero-order valence-electron chi connectivity index (χ0n) is 11.8. The highest BCUT2D eigenvalue weighted by molar-refractivity contribution is 5.92. The number of carbonyl (C=O) groups excluding carboxylic acids is 1. The van der Waals surface area contributed by atoms with Gasteiger partial charge in [0.1, 0.15) is 0 Å². The summed E-state index contributed by atoms with van der Waals surface area (Å²) in [7, 11) is 2.06. The predicted molar refractivity (Wildman–Crippen MR) is 78.1 cm³/mol. The van der Waals surface area contributed by atoms with Crippen molar-refractivity contribution >= 4 is 11.6 Å². The monoisotopic (exact) mass is 261 g/mol. The van der Waals surface area contributed by atoms with Crippen LogP contribution in [0.4, 0.5) is 5.69 Å². The van der Waals surface area contributed by atoms with E-state index in [9.17, 15) is 4.79 Å². The summed E-state index contributed by atoms with van der Waals surface area (Å²) in [6.45, 7) is 5.75. The lowest BCUT2D eigenvalue weighted by molar-refractivity contribution is -0.119. The average molecular weight is 261 g/mol. The van der Waals surface area contributed by atoms with Crippen LogP contribution in [-0.2, 0) is 11.3 Å². The van der Waals surface area contributed by atoms with Gasteiger partial charge < -0.3 is 15.5 Å². The summed E-state index contributed by atoms with van der Waals surface area (Å²) >= 11 is 0. The molecule has 2 N–H and O–H groups in total. The maximum absolute atomic E-state index is 12.1. The van der Waals surface area contributed by atoms with Gasteiger partial charge >= 0.3 is 0 Å². The van der Waals surface area contributed by atoms with Gasteiger partial charge in [0.2, 0.25) is 5.91 Å². The number of amides is 1. The molecule has 0 saturated carbocycles. The van der Waals surface area contributed by atoms with E-state index in [1.54, 1.807) is 0 Å².